The lowest BCUT2D eigenvalue weighted by Gasteiger charge is -2.14. The summed E-state index contributed by atoms with van der Waals surface area (Å²) in [6.07, 6.45) is 2.66. The number of hydrogen-bond donors (Lipinski definition) is 0. The molecule has 1 aromatic heterocycles. The Morgan fingerprint density at radius 1 is 1.17 bits per heavy atom. The van der Waals surface area contributed by atoms with Crippen LogP contribution < -0.4 is 0 Å². The van der Waals surface area contributed by atoms with Crippen LogP contribution in [-0.2, 0) is 11.3 Å². The van der Waals surface area contributed by atoms with Crippen LogP contribution in [0.5, 0.6) is 0 Å². The van der Waals surface area contributed by atoms with Crippen molar-refractivity contribution in [3.8, 4) is 0 Å². The largest absolute Gasteiger partial charge is 0.454 e. The summed E-state index contributed by atoms with van der Waals surface area (Å²) in [7, 11) is 0. The second-order valence-electron chi connectivity index (χ2n) is 5.39. The van der Waals surface area contributed by atoms with Crippen molar-refractivity contribution in [2.45, 2.75) is 19.6 Å². The number of rotatable bonds is 5. The topological polar surface area (TPSA) is 57.0 Å². The predicted octanol–water partition coefficient (Wildman–Crippen LogP) is 3.38. The molecule has 0 bridgehead atoms. The van der Waals surface area contributed by atoms with Crippen molar-refractivity contribution in [1.82, 2.24) is 14.8 Å². The van der Waals surface area contributed by atoms with Crippen molar-refractivity contribution in [2.24, 2.45) is 0 Å². The van der Waals surface area contributed by atoms with Gasteiger partial charge in [0.25, 0.3) is 0 Å². The van der Waals surface area contributed by atoms with Crippen molar-refractivity contribution in [2.75, 3.05) is 0 Å². The molecule has 0 fully saturated rings. The summed E-state index contributed by atoms with van der Waals surface area (Å²) < 4.78 is 20.1. The zero-order valence-electron chi connectivity index (χ0n) is 13.1. The number of carbonyl (C=O) groups excluding carboxylic acids is 1. The minimum Gasteiger partial charge on any atom is -0.454 e. The zero-order chi connectivity index (χ0) is 16.9. The van der Waals surface area contributed by atoms with Gasteiger partial charge in [0.1, 0.15) is 24.6 Å². The first kappa shape index (κ1) is 15.9. The van der Waals surface area contributed by atoms with Crippen LogP contribution in [0.4, 0.5) is 4.39 Å². The minimum atomic E-state index is -0.451. The Balaban J connectivity index is 1.63. The maximum absolute atomic E-state index is 12.9. The Bertz CT molecular complexity index is 799. The number of carbonyl (C=O) groups is 1. The number of halogens is 1. The predicted molar refractivity (Wildman–Crippen MR) is 85.8 cm³/mol. The molecule has 0 spiro atoms. The fourth-order valence-corrected chi connectivity index (χ4v) is 2.28. The highest BCUT2D eigenvalue weighted by Gasteiger charge is 2.13. The van der Waals surface area contributed by atoms with Crippen molar-refractivity contribution < 1.29 is 13.9 Å². The molecule has 6 heteroatoms. The van der Waals surface area contributed by atoms with Gasteiger partial charge in [-0.2, -0.15) is 5.10 Å². The number of aromatic nitrogens is 3. The highest BCUT2D eigenvalue weighted by atomic mass is 19.1. The molecule has 1 unspecified atom stereocenters. The van der Waals surface area contributed by atoms with Gasteiger partial charge in [0, 0.05) is 0 Å². The lowest BCUT2D eigenvalue weighted by Crippen LogP contribution is -2.09. The van der Waals surface area contributed by atoms with Crippen molar-refractivity contribution in [1.29, 1.82) is 0 Å². The molecule has 1 atom stereocenters. The third kappa shape index (κ3) is 3.84. The first-order chi connectivity index (χ1) is 11.6. The van der Waals surface area contributed by atoms with Gasteiger partial charge < -0.3 is 4.74 Å². The fraction of sp³-hybridized carbons (Fsp3) is 0.167. The fourth-order valence-electron chi connectivity index (χ4n) is 2.28. The molecular formula is C18H16FN3O2. The smallest absolute Gasteiger partial charge is 0.338 e. The van der Waals surface area contributed by atoms with Crippen LogP contribution in [0, 0.1) is 5.82 Å². The second-order valence-corrected chi connectivity index (χ2v) is 5.39. The second kappa shape index (κ2) is 7.04. The van der Waals surface area contributed by atoms with Gasteiger partial charge in [0.2, 0.25) is 0 Å². The van der Waals surface area contributed by atoms with E-state index in [1.165, 1.54) is 18.5 Å². The number of benzene rings is 2. The lowest BCUT2D eigenvalue weighted by atomic mass is 10.1. The number of nitrogens with zero attached hydrogens (tertiary/aromatic N) is 3. The summed E-state index contributed by atoms with van der Waals surface area (Å²) >= 11 is 0. The van der Waals surface area contributed by atoms with Crippen LogP contribution >= 0.6 is 0 Å². The molecule has 0 amide bonds. The molecule has 0 aliphatic heterocycles. The van der Waals surface area contributed by atoms with E-state index in [9.17, 15) is 9.18 Å². The highest BCUT2D eigenvalue weighted by Crippen LogP contribution is 2.19. The Morgan fingerprint density at radius 3 is 2.50 bits per heavy atom. The lowest BCUT2D eigenvalue weighted by molar-refractivity contribution is 0.0338. The van der Waals surface area contributed by atoms with Crippen LogP contribution in [0.2, 0.25) is 0 Å². The quantitative estimate of drug-likeness (QED) is 0.675. The van der Waals surface area contributed by atoms with E-state index in [0.717, 1.165) is 11.1 Å². The monoisotopic (exact) mass is 325 g/mol. The van der Waals surface area contributed by atoms with Crippen LogP contribution in [0.1, 0.15) is 34.5 Å². The van der Waals surface area contributed by atoms with Gasteiger partial charge in [-0.25, -0.2) is 18.9 Å². The average Bonchev–Trinajstić information content (AvgIpc) is 3.09. The normalized spacial score (nSPS) is 11.9. The summed E-state index contributed by atoms with van der Waals surface area (Å²) in [6, 6.07) is 13.0. The molecule has 1 heterocycles. The number of ether oxygens (including phenoxy) is 1. The maximum atomic E-state index is 12.9. The van der Waals surface area contributed by atoms with E-state index < -0.39 is 12.1 Å². The minimum absolute atomic E-state index is 0.319. The van der Waals surface area contributed by atoms with Gasteiger partial charge >= 0.3 is 5.97 Å². The third-order valence-corrected chi connectivity index (χ3v) is 3.62. The molecule has 5 nitrogen and oxygen atoms in total. The van der Waals surface area contributed by atoms with Crippen LogP contribution in [-0.4, -0.2) is 20.7 Å². The van der Waals surface area contributed by atoms with Gasteiger partial charge in [-0.3, -0.25) is 0 Å². The average molecular weight is 325 g/mol. The molecule has 2 aromatic carbocycles. The third-order valence-electron chi connectivity index (χ3n) is 3.62. The molecule has 0 N–H and O–H groups in total. The van der Waals surface area contributed by atoms with Gasteiger partial charge in [0.15, 0.2) is 0 Å². The SMILES string of the molecule is CC(OC(=O)c1ccc(Cn2cncn2)cc1)c1ccc(F)cc1. The molecule has 0 saturated carbocycles. The van der Waals surface area contributed by atoms with Crippen LogP contribution in [0.15, 0.2) is 61.2 Å². The van der Waals surface area contributed by atoms with E-state index in [2.05, 4.69) is 10.1 Å². The first-order valence-corrected chi connectivity index (χ1v) is 7.49. The van der Waals surface area contributed by atoms with E-state index >= 15 is 0 Å². The molecule has 24 heavy (non-hydrogen) atoms. The molecule has 0 radical (unpaired) electrons. The molecule has 3 aromatic rings. The molecule has 122 valence electrons. The first-order valence-electron chi connectivity index (χ1n) is 7.49. The Morgan fingerprint density at radius 2 is 1.88 bits per heavy atom. The summed E-state index contributed by atoms with van der Waals surface area (Å²) in [5.74, 6) is -0.737. The zero-order valence-corrected chi connectivity index (χ0v) is 13.1. The molecule has 0 aliphatic carbocycles. The Hall–Kier alpha value is -3.02. The van der Waals surface area contributed by atoms with E-state index in [-0.39, 0.29) is 5.82 Å². The van der Waals surface area contributed by atoms with Crippen molar-refractivity contribution in [3.05, 3.63) is 83.7 Å². The molecule has 0 aliphatic rings. The van der Waals surface area contributed by atoms with Gasteiger partial charge in [0.05, 0.1) is 12.1 Å². The summed E-state index contributed by atoms with van der Waals surface area (Å²) in [6.45, 7) is 2.34. The van der Waals surface area contributed by atoms with Crippen LogP contribution in [0.3, 0.4) is 0 Å². The molecule has 3 rings (SSSR count). The number of esters is 1. The van der Waals surface area contributed by atoms with E-state index in [1.807, 2.05) is 12.1 Å². The van der Waals surface area contributed by atoms with E-state index in [0.29, 0.717) is 12.1 Å². The Labute approximate surface area is 138 Å². The van der Waals surface area contributed by atoms with Crippen LogP contribution in [0.25, 0.3) is 0 Å². The Kier molecular flexibility index (Phi) is 4.65. The number of hydrogen-bond acceptors (Lipinski definition) is 4. The van der Waals surface area contributed by atoms with Crippen molar-refractivity contribution >= 4 is 5.97 Å². The summed E-state index contributed by atoms with van der Waals surface area (Å²) in [5, 5.41) is 4.04. The summed E-state index contributed by atoms with van der Waals surface area (Å²) in [4.78, 5) is 16.1. The van der Waals surface area contributed by atoms with E-state index in [4.69, 9.17) is 4.74 Å². The summed E-state index contributed by atoms with van der Waals surface area (Å²) in [5.41, 5.74) is 2.21. The van der Waals surface area contributed by atoms with Gasteiger partial charge in [-0.05, 0) is 42.3 Å². The standard InChI is InChI=1S/C18H16FN3O2/c1-13(15-6-8-17(19)9-7-15)24-18(23)16-4-2-14(3-5-16)10-22-12-20-11-21-22/h2-9,11-13H,10H2,1H3. The van der Waals surface area contributed by atoms with Gasteiger partial charge in [-0.15, -0.1) is 0 Å². The van der Waals surface area contributed by atoms with Crippen molar-refractivity contribution in [3.63, 3.8) is 0 Å². The maximum Gasteiger partial charge on any atom is 0.338 e. The van der Waals surface area contributed by atoms with Gasteiger partial charge in [-0.1, -0.05) is 24.3 Å². The molecule has 0 saturated heterocycles. The highest BCUT2D eigenvalue weighted by molar-refractivity contribution is 5.89. The van der Waals surface area contributed by atoms with E-state index in [1.54, 1.807) is 42.2 Å². The molecular weight excluding hydrogens is 309 g/mol.